The molecule has 1 unspecified atom stereocenters. The number of carbonyl (C=O) groups is 1. The average molecular weight is 413 g/mol. The van der Waals surface area contributed by atoms with Gasteiger partial charge in [0.05, 0.1) is 29.8 Å². The Morgan fingerprint density at radius 3 is 2.56 bits per heavy atom. The Bertz CT molecular complexity index is 876. The second-order valence-corrected chi connectivity index (χ2v) is 8.21. The van der Waals surface area contributed by atoms with E-state index in [2.05, 4.69) is 15.0 Å². The summed E-state index contributed by atoms with van der Waals surface area (Å²) >= 11 is 6.10. The van der Waals surface area contributed by atoms with Crippen LogP contribution in [-0.2, 0) is 15.7 Å². The number of hydrogen-bond donors (Lipinski definition) is 0. The van der Waals surface area contributed by atoms with Gasteiger partial charge in [0, 0.05) is 51.7 Å². The molecule has 0 N–H and O–H groups in total. The first-order valence-electron chi connectivity index (χ1n) is 8.79. The molecule has 11 heteroatoms. The molecule has 1 amide bonds. The van der Waals surface area contributed by atoms with Crippen molar-refractivity contribution in [3.63, 3.8) is 0 Å². The van der Waals surface area contributed by atoms with E-state index in [1.54, 1.807) is 21.9 Å². The van der Waals surface area contributed by atoms with Crippen LogP contribution < -0.4 is 4.90 Å². The van der Waals surface area contributed by atoms with Crippen molar-refractivity contribution in [1.29, 1.82) is 0 Å². The largest absolute Gasteiger partial charge is 0.378 e. The quantitative estimate of drug-likeness (QED) is 0.719. The predicted octanol–water partition coefficient (Wildman–Crippen LogP) is 0.271. The van der Waals surface area contributed by atoms with Gasteiger partial charge in [0.2, 0.25) is 5.28 Å². The standard InChI is InChI=1S/C16H21ClN6O3S/c1-27(25)22-4-2-21(3-5-22)15(24)12-10-13-14(20-6-8-26-9-7-20)18-16(17)19-23(13)11-12/h10-11H,2-9H2,1H3. The van der Waals surface area contributed by atoms with Crippen molar-refractivity contribution >= 4 is 39.8 Å². The summed E-state index contributed by atoms with van der Waals surface area (Å²) in [6, 6.07) is 1.81. The molecular weight excluding hydrogens is 392 g/mol. The van der Waals surface area contributed by atoms with Crippen molar-refractivity contribution in [2.75, 3.05) is 63.6 Å². The number of aromatic nitrogens is 3. The van der Waals surface area contributed by atoms with Crippen molar-refractivity contribution in [3.8, 4) is 0 Å². The summed E-state index contributed by atoms with van der Waals surface area (Å²) in [5, 5.41) is 4.35. The summed E-state index contributed by atoms with van der Waals surface area (Å²) in [6.45, 7) is 4.99. The van der Waals surface area contributed by atoms with E-state index < -0.39 is 11.0 Å². The van der Waals surface area contributed by atoms with Crippen LogP contribution in [0.2, 0.25) is 5.28 Å². The highest BCUT2D eigenvalue weighted by Gasteiger charge is 2.26. The number of halogens is 1. The fraction of sp³-hybridized carbons (Fsp3) is 0.562. The molecule has 2 aliphatic heterocycles. The molecule has 0 radical (unpaired) electrons. The van der Waals surface area contributed by atoms with E-state index in [4.69, 9.17) is 16.3 Å². The fourth-order valence-corrected chi connectivity index (χ4v) is 4.25. The van der Waals surface area contributed by atoms with Gasteiger partial charge in [0.15, 0.2) is 5.82 Å². The van der Waals surface area contributed by atoms with Gasteiger partial charge in [-0.15, -0.1) is 5.10 Å². The number of morpholine rings is 1. The fourth-order valence-electron chi connectivity index (χ4n) is 3.41. The number of nitrogens with zero attached hydrogens (tertiary/aromatic N) is 6. The van der Waals surface area contributed by atoms with E-state index >= 15 is 0 Å². The molecule has 2 aromatic rings. The average Bonchev–Trinajstić information content (AvgIpc) is 3.11. The smallest absolute Gasteiger partial charge is 0.255 e. The monoisotopic (exact) mass is 412 g/mol. The maximum atomic E-state index is 12.9. The molecule has 9 nitrogen and oxygen atoms in total. The number of fused-ring (bicyclic) bond motifs is 1. The number of anilines is 1. The topological polar surface area (TPSA) is 83.3 Å². The number of rotatable bonds is 3. The molecule has 4 rings (SSSR count). The van der Waals surface area contributed by atoms with Gasteiger partial charge in [-0.25, -0.2) is 13.0 Å². The van der Waals surface area contributed by atoms with E-state index in [9.17, 15) is 9.00 Å². The van der Waals surface area contributed by atoms with Crippen LogP contribution in [-0.4, -0.2) is 92.7 Å². The Balaban J connectivity index is 1.59. The minimum Gasteiger partial charge on any atom is -0.378 e. The Labute approximate surface area is 164 Å². The molecule has 0 aliphatic carbocycles. The van der Waals surface area contributed by atoms with E-state index in [1.807, 2.05) is 10.4 Å². The van der Waals surface area contributed by atoms with Gasteiger partial charge in [-0.2, -0.15) is 4.98 Å². The summed E-state index contributed by atoms with van der Waals surface area (Å²) in [6.07, 6.45) is 3.35. The molecule has 146 valence electrons. The zero-order valence-electron chi connectivity index (χ0n) is 15.0. The van der Waals surface area contributed by atoms with Gasteiger partial charge < -0.3 is 14.5 Å². The van der Waals surface area contributed by atoms with Crippen LogP contribution in [0.4, 0.5) is 5.82 Å². The lowest BCUT2D eigenvalue weighted by molar-refractivity contribution is 0.0701. The molecule has 0 saturated carbocycles. The van der Waals surface area contributed by atoms with Crippen molar-refractivity contribution in [3.05, 3.63) is 23.1 Å². The lowest BCUT2D eigenvalue weighted by Gasteiger charge is -2.32. The Morgan fingerprint density at radius 2 is 1.89 bits per heavy atom. The van der Waals surface area contributed by atoms with Crippen LogP contribution >= 0.6 is 11.6 Å². The molecule has 4 heterocycles. The van der Waals surface area contributed by atoms with Crippen LogP contribution in [0.25, 0.3) is 5.52 Å². The first-order chi connectivity index (χ1) is 13.0. The van der Waals surface area contributed by atoms with Gasteiger partial charge in [0.25, 0.3) is 5.91 Å². The van der Waals surface area contributed by atoms with Gasteiger partial charge >= 0.3 is 0 Å². The highest BCUT2D eigenvalue weighted by atomic mass is 35.5. The number of amides is 1. The normalized spacial score (nSPS) is 20.2. The first kappa shape index (κ1) is 18.6. The third kappa shape index (κ3) is 3.79. The third-order valence-electron chi connectivity index (χ3n) is 4.86. The minimum absolute atomic E-state index is 0.0638. The van der Waals surface area contributed by atoms with Gasteiger partial charge in [-0.3, -0.25) is 4.79 Å². The van der Waals surface area contributed by atoms with E-state index in [0.29, 0.717) is 63.9 Å². The van der Waals surface area contributed by atoms with Crippen molar-refractivity contribution in [1.82, 2.24) is 23.8 Å². The zero-order chi connectivity index (χ0) is 19.0. The van der Waals surface area contributed by atoms with Crippen LogP contribution in [0, 0.1) is 0 Å². The number of carbonyl (C=O) groups excluding carboxylic acids is 1. The highest BCUT2D eigenvalue weighted by Crippen LogP contribution is 2.24. The van der Waals surface area contributed by atoms with Crippen molar-refractivity contribution in [2.24, 2.45) is 0 Å². The summed E-state index contributed by atoms with van der Waals surface area (Å²) in [5.74, 6) is 0.648. The number of hydrogen-bond acceptors (Lipinski definition) is 6. The maximum absolute atomic E-state index is 12.9. The Morgan fingerprint density at radius 1 is 1.19 bits per heavy atom. The lowest BCUT2D eigenvalue weighted by Crippen LogP contribution is -2.48. The summed E-state index contributed by atoms with van der Waals surface area (Å²) in [7, 11) is -1.00. The maximum Gasteiger partial charge on any atom is 0.255 e. The second kappa shape index (κ2) is 7.70. The predicted molar refractivity (Wildman–Crippen MR) is 103 cm³/mol. The lowest BCUT2D eigenvalue weighted by atomic mass is 10.2. The SMILES string of the molecule is CS(=O)N1CCN(C(=O)c2cc3c(N4CCOCC4)nc(Cl)nn3c2)CC1. The van der Waals surface area contributed by atoms with Crippen LogP contribution in [0.1, 0.15) is 10.4 Å². The van der Waals surface area contributed by atoms with Gasteiger partial charge in [0.1, 0.15) is 5.52 Å². The summed E-state index contributed by atoms with van der Waals surface area (Å²) in [5.41, 5.74) is 1.30. The molecule has 0 aromatic carbocycles. The minimum atomic E-state index is -1.00. The molecule has 2 aromatic heterocycles. The molecule has 2 aliphatic rings. The molecule has 27 heavy (non-hydrogen) atoms. The second-order valence-electron chi connectivity index (χ2n) is 6.51. The van der Waals surface area contributed by atoms with Crippen LogP contribution in [0.5, 0.6) is 0 Å². The third-order valence-corrected chi connectivity index (χ3v) is 6.12. The Kier molecular flexibility index (Phi) is 5.31. The van der Waals surface area contributed by atoms with Gasteiger partial charge in [-0.05, 0) is 17.7 Å². The highest BCUT2D eigenvalue weighted by molar-refractivity contribution is 7.81. The van der Waals surface area contributed by atoms with E-state index in [1.165, 1.54) is 0 Å². The van der Waals surface area contributed by atoms with Crippen molar-refractivity contribution in [2.45, 2.75) is 0 Å². The Hall–Kier alpha value is -1.75. The molecule has 0 bridgehead atoms. The number of piperazine rings is 1. The van der Waals surface area contributed by atoms with Gasteiger partial charge in [-0.1, -0.05) is 0 Å². The van der Waals surface area contributed by atoms with Crippen LogP contribution in [0.15, 0.2) is 12.3 Å². The van der Waals surface area contributed by atoms with Crippen LogP contribution in [0.3, 0.4) is 0 Å². The zero-order valence-corrected chi connectivity index (χ0v) is 16.6. The summed E-state index contributed by atoms with van der Waals surface area (Å²) < 4.78 is 20.5. The molecule has 2 fully saturated rings. The van der Waals surface area contributed by atoms with Crippen molar-refractivity contribution < 1.29 is 13.7 Å². The molecular formula is C16H21ClN6O3S. The summed E-state index contributed by atoms with van der Waals surface area (Å²) in [4.78, 5) is 21.2. The van der Waals surface area contributed by atoms with E-state index in [0.717, 1.165) is 5.52 Å². The van der Waals surface area contributed by atoms with E-state index in [-0.39, 0.29) is 11.2 Å². The molecule has 1 atom stereocenters. The molecule has 0 spiro atoms. The molecule has 2 saturated heterocycles. The number of ether oxygens (including phenoxy) is 1. The first-order valence-corrected chi connectivity index (χ1v) is 10.7.